The van der Waals surface area contributed by atoms with Crippen LogP contribution in [0.3, 0.4) is 0 Å². The van der Waals surface area contributed by atoms with E-state index in [4.69, 9.17) is 9.97 Å². The number of carbonyl (C=O) groups is 4. The van der Waals surface area contributed by atoms with Crippen molar-refractivity contribution < 1.29 is 19.2 Å². The van der Waals surface area contributed by atoms with Crippen LogP contribution in [-0.4, -0.2) is 73.0 Å². The number of H-pyrrole nitrogens is 2. The molecule has 12 heteroatoms. The minimum absolute atomic E-state index is 0.0217. The molecule has 3 atom stereocenters. The number of nitrogens with zero attached hydrogens (tertiary/aromatic N) is 4. The van der Waals surface area contributed by atoms with Crippen LogP contribution in [-0.2, 0) is 24.7 Å². The Morgan fingerprint density at radius 1 is 0.696 bits per heavy atom. The van der Waals surface area contributed by atoms with E-state index in [0.717, 1.165) is 87.2 Å². The Labute approximate surface area is 325 Å². The van der Waals surface area contributed by atoms with Crippen LogP contribution in [0.5, 0.6) is 0 Å². The van der Waals surface area contributed by atoms with Crippen molar-refractivity contribution in [2.24, 2.45) is 0 Å². The van der Waals surface area contributed by atoms with Crippen molar-refractivity contribution >= 4 is 45.7 Å². The normalized spacial score (nSPS) is 18.0. The van der Waals surface area contributed by atoms with Crippen molar-refractivity contribution in [3.05, 3.63) is 108 Å². The fraction of sp³-hybridized carbons (Fsp3) is 0.318. The van der Waals surface area contributed by atoms with E-state index in [1.54, 1.807) is 6.92 Å². The maximum absolute atomic E-state index is 14.2. The van der Waals surface area contributed by atoms with E-state index in [2.05, 4.69) is 69.1 Å². The maximum atomic E-state index is 14.2. The van der Waals surface area contributed by atoms with Crippen LogP contribution in [0.2, 0.25) is 0 Å². The van der Waals surface area contributed by atoms with Gasteiger partial charge in [-0.25, -0.2) is 9.97 Å². The highest BCUT2D eigenvalue weighted by Gasteiger charge is 2.44. The van der Waals surface area contributed by atoms with Crippen molar-refractivity contribution in [3.8, 4) is 22.3 Å². The number of amides is 4. The van der Waals surface area contributed by atoms with Gasteiger partial charge in [0.25, 0.3) is 5.91 Å². The SMILES string of the molecule is CC(=O)NCCC(=O)N1CCC[C@H]1c1nc2ccc(-c3ccc(-c4ccc5nc([C@@H]6CCCN6C(=O)C(C)(NC(C)=O)c6ccccc6)[nH]c5c4)cc3)cc2[nH]1. The summed E-state index contributed by atoms with van der Waals surface area (Å²) in [6.07, 6.45) is 3.64. The molecule has 2 saturated heterocycles. The molecule has 0 spiro atoms. The van der Waals surface area contributed by atoms with Crippen LogP contribution in [0.1, 0.15) is 82.2 Å². The largest absolute Gasteiger partial charge is 0.356 e. The Morgan fingerprint density at radius 3 is 1.75 bits per heavy atom. The predicted octanol–water partition coefficient (Wildman–Crippen LogP) is 6.68. The minimum atomic E-state index is -1.20. The first-order valence-electron chi connectivity index (χ1n) is 19.4. The lowest BCUT2D eigenvalue weighted by Crippen LogP contribution is -2.55. The first-order chi connectivity index (χ1) is 27.1. The third-order valence-corrected chi connectivity index (χ3v) is 11.2. The second-order valence-corrected chi connectivity index (χ2v) is 15.1. The molecule has 0 bridgehead atoms. The molecule has 0 saturated carbocycles. The third kappa shape index (κ3) is 7.14. The van der Waals surface area contributed by atoms with Crippen LogP contribution >= 0.6 is 0 Å². The second kappa shape index (κ2) is 15.1. The smallest absolute Gasteiger partial charge is 0.253 e. The monoisotopic (exact) mass is 750 g/mol. The van der Waals surface area contributed by atoms with Crippen molar-refractivity contribution in [2.75, 3.05) is 19.6 Å². The predicted molar refractivity (Wildman–Crippen MR) is 215 cm³/mol. The maximum Gasteiger partial charge on any atom is 0.253 e. The molecule has 286 valence electrons. The van der Waals surface area contributed by atoms with Gasteiger partial charge in [0.05, 0.1) is 34.2 Å². The molecule has 4 N–H and O–H groups in total. The fourth-order valence-corrected chi connectivity index (χ4v) is 8.38. The van der Waals surface area contributed by atoms with Gasteiger partial charge in [-0.3, -0.25) is 19.2 Å². The van der Waals surface area contributed by atoms with Gasteiger partial charge < -0.3 is 30.4 Å². The molecule has 0 aliphatic carbocycles. The summed E-state index contributed by atoms with van der Waals surface area (Å²) >= 11 is 0. The van der Waals surface area contributed by atoms with Crippen molar-refractivity contribution in [2.45, 2.75) is 70.5 Å². The third-order valence-electron chi connectivity index (χ3n) is 11.2. The van der Waals surface area contributed by atoms with Gasteiger partial charge >= 0.3 is 0 Å². The zero-order chi connectivity index (χ0) is 39.0. The number of imidazole rings is 2. The summed E-state index contributed by atoms with van der Waals surface area (Å²) < 4.78 is 0. The molecule has 2 aromatic heterocycles. The number of hydrogen-bond donors (Lipinski definition) is 4. The number of likely N-dealkylation sites (tertiary alicyclic amines) is 2. The summed E-state index contributed by atoms with van der Waals surface area (Å²) in [7, 11) is 0. The lowest BCUT2D eigenvalue weighted by molar-refractivity contribution is -0.142. The van der Waals surface area contributed by atoms with Crippen molar-refractivity contribution in [1.29, 1.82) is 0 Å². The quantitative estimate of drug-likeness (QED) is 0.123. The second-order valence-electron chi connectivity index (χ2n) is 15.1. The summed E-state index contributed by atoms with van der Waals surface area (Å²) in [5, 5.41) is 5.64. The molecule has 12 nitrogen and oxygen atoms in total. The highest BCUT2D eigenvalue weighted by molar-refractivity contribution is 5.92. The van der Waals surface area contributed by atoms with Crippen molar-refractivity contribution in [1.82, 2.24) is 40.4 Å². The molecule has 4 heterocycles. The summed E-state index contributed by atoms with van der Waals surface area (Å²) in [6, 6.07) is 29.9. The molecule has 4 aromatic carbocycles. The van der Waals surface area contributed by atoms with Gasteiger partial charge in [0, 0.05) is 39.9 Å². The van der Waals surface area contributed by atoms with Gasteiger partial charge in [-0.2, -0.15) is 0 Å². The standard InChI is InChI=1S/C44H46N8O4/c1-27(53)45-22-21-40(55)51-23-7-11-38(51)41-46-34-19-17-31(25-36(34)48-41)29-13-15-30(16-14-29)32-18-20-35-37(26-32)49-42(47-35)39-12-8-24-52(39)43(56)44(3,50-28(2)54)33-9-5-4-6-10-33/h4-6,9-10,13-20,25-26,38-39H,7-8,11-12,21-24H2,1-3H3,(H,45,53)(H,46,48)(H,47,49)(H,50,54)/t38-,39-,44?/m0/s1. The number of carbonyl (C=O) groups excluding carboxylic acids is 4. The molecule has 2 aliphatic rings. The molecule has 56 heavy (non-hydrogen) atoms. The first kappa shape index (κ1) is 36.7. The van der Waals surface area contributed by atoms with E-state index in [0.29, 0.717) is 19.6 Å². The lowest BCUT2D eigenvalue weighted by atomic mass is 9.89. The van der Waals surface area contributed by atoms with Gasteiger partial charge in [-0.05, 0) is 84.7 Å². The molecule has 2 aliphatic heterocycles. The zero-order valence-corrected chi connectivity index (χ0v) is 31.9. The van der Waals surface area contributed by atoms with E-state index in [1.807, 2.05) is 52.3 Å². The van der Waals surface area contributed by atoms with E-state index in [9.17, 15) is 19.2 Å². The summed E-state index contributed by atoms with van der Waals surface area (Å²) in [5.74, 6) is 0.991. The number of fused-ring (bicyclic) bond motifs is 2. The van der Waals surface area contributed by atoms with Crippen LogP contribution in [0.15, 0.2) is 91.0 Å². The Bertz CT molecular complexity index is 2440. The Hall–Kier alpha value is -6.30. The topological polar surface area (TPSA) is 156 Å². The van der Waals surface area contributed by atoms with E-state index < -0.39 is 5.54 Å². The molecule has 0 radical (unpaired) electrons. The van der Waals surface area contributed by atoms with Gasteiger partial charge in [0.2, 0.25) is 17.7 Å². The van der Waals surface area contributed by atoms with E-state index in [1.165, 1.54) is 13.8 Å². The molecule has 6 aromatic rings. The van der Waals surface area contributed by atoms with Crippen LogP contribution in [0.4, 0.5) is 0 Å². The average Bonchev–Trinajstić information content (AvgIpc) is 4.02. The van der Waals surface area contributed by atoms with Gasteiger partial charge in [-0.15, -0.1) is 0 Å². The molecular weight excluding hydrogens is 705 g/mol. The Morgan fingerprint density at radius 2 is 1.21 bits per heavy atom. The summed E-state index contributed by atoms with van der Waals surface area (Å²) in [5.41, 5.74) is 7.26. The van der Waals surface area contributed by atoms with E-state index in [-0.39, 0.29) is 42.1 Å². The molecule has 1 unspecified atom stereocenters. The van der Waals surface area contributed by atoms with Crippen LogP contribution in [0.25, 0.3) is 44.3 Å². The molecule has 2 fully saturated rings. The molecule has 4 amide bonds. The van der Waals surface area contributed by atoms with Gasteiger partial charge in [-0.1, -0.05) is 66.7 Å². The number of aromatic amines is 2. The lowest BCUT2D eigenvalue weighted by Gasteiger charge is -2.35. The highest BCUT2D eigenvalue weighted by Crippen LogP contribution is 2.37. The Kier molecular flexibility index (Phi) is 9.88. The first-order valence-corrected chi connectivity index (χ1v) is 19.4. The van der Waals surface area contributed by atoms with Gasteiger partial charge in [0.15, 0.2) is 0 Å². The fourth-order valence-electron chi connectivity index (χ4n) is 8.38. The van der Waals surface area contributed by atoms with Crippen LogP contribution < -0.4 is 10.6 Å². The van der Waals surface area contributed by atoms with Crippen molar-refractivity contribution in [3.63, 3.8) is 0 Å². The molecular formula is C44H46N8O4. The van der Waals surface area contributed by atoms with Crippen LogP contribution in [0, 0.1) is 0 Å². The average molecular weight is 751 g/mol. The highest BCUT2D eigenvalue weighted by atomic mass is 16.2. The Balaban J connectivity index is 0.983. The zero-order valence-electron chi connectivity index (χ0n) is 31.9. The van der Waals surface area contributed by atoms with Gasteiger partial charge in [0.1, 0.15) is 17.2 Å². The minimum Gasteiger partial charge on any atom is -0.356 e. The number of hydrogen-bond acceptors (Lipinski definition) is 6. The number of benzene rings is 4. The number of aromatic nitrogens is 4. The van der Waals surface area contributed by atoms with E-state index >= 15 is 0 Å². The number of nitrogens with one attached hydrogen (secondary N) is 4. The molecule has 8 rings (SSSR count). The summed E-state index contributed by atoms with van der Waals surface area (Å²) in [4.78, 5) is 71.2. The number of rotatable bonds is 10. The summed E-state index contributed by atoms with van der Waals surface area (Å²) in [6.45, 7) is 6.26.